The number of thioether (sulfide) groups is 1. The van der Waals surface area contributed by atoms with Crippen LogP contribution in [0.3, 0.4) is 0 Å². The smallest absolute Gasteiger partial charge is 0.446 e. The van der Waals surface area contributed by atoms with Gasteiger partial charge in [-0.3, -0.25) is 10.1 Å². The molecule has 10 heteroatoms. The van der Waals surface area contributed by atoms with Crippen LogP contribution in [-0.2, 0) is 0 Å². The lowest BCUT2D eigenvalue weighted by atomic mass is 10.1. The van der Waals surface area contributed by atoms with Crippen molar-refractivity contribution in [1.82, 2.24) is 4.98 Å². The Hall–Kier alpha value is -3.40. The van der Waals surface area contributed by atoms with E-state index in [2.05, 4.69) is 4.98 Å². The monoisotopic (exact) mass is 419 g/mol. The van der Waals surface area contributed by atoms with Gasteiger partial charge in [0.1, 0.15) is 11.9 Å². The average molecular weight is 419 g/mol. The van der Waals surface area contributed by atoms with Crippen LogP contribution in [-0.4, -0.2) is 15.4 Å². The first-order chi connectivity index (χ1) is 13.7. The molecule has 0 aliphatic carbocycles. The van der Waals surface area contributed by atoms with Crippen molar-refractivity contribution in [2.75, 3.05) is 0 Å². The molecule has 0 fully saturated rings. The number of hydrogen-bond donors (Lipinski definition) is 0. The zero-order chi connectivity index (χ0) is 21.0. The number of rotatable bonds is 5. The predicted molar refractivity (Wildman–Crippen MR) is 103 cm³/mol. The number of alkyl halides is 3. The Kier molecular flexibility index (Phi) is 5.83. The van der Waals surface area contributed by atoms with Gasteiger partial charge in [-0.15, -0.1) is 0 Å². The van der Waals surface area contributed by atoms with Gasteiger partial charge in [-0.1, -0.05) is 24.3 Å². The summed E-state index contributed by atoms with van der Waals surface area (Å²) in [6.45, 7) is 0. The van der Waals surface area contributed by atoms with E-state index in [0.29, 0.717) is 10.3 Å². The highest BCUT2D eigenvalue weighted by Gasteiger charge is 2.28. The van der Waals surface area contributed by atoms with Gasteiger partial charge in [0.2, 0.25) is 0 Å². The van der Waals surface area contributed by atoms with Crippen LogP contribution in [0.1, 0.15) is 11.3 Å². The molecule has 3 rings (SSSR count). The van der Waals surface area contributed by atoms with Gasteiger partial charge in [0.25, 0.3) is 5.69 Å². The van der Waals surface area contributed by atoms with Crippen LogP contribution in [0.25, 0.3) is 23.5 Å². The molecular weight excluding hydrogens is 407 g/mol. The first-order valence-electron chi connectivity index (χ1n) is 8.10. The van der Waals surface area contributed by atoms with Crippen LogP contribution in [0.15, 0.2) is 65.7 Å². The summed E-state index contributed by atoms with van der Waals surface area (Å²) in [4.78, 5) is 14.4. The van der Waals surface area contributed by atoms with Crippen molar-refractivity contribution in [3.05, 3.63) is 87.4 Å². The average Bonchev–Trinajstić information content (AvgIpc) is 2.67. The Labute approximate surface area is 167 Å². The molecule has 6 nitrogen and oxygen atoms in total. The SMILES string of the molecule is O=[N+]([O-])c1cccc(-c2nccc(/C=C/c3ccc(SC(F)(F)F)cc3)[n+]2[O-])c1. The van der Waals surface area contributed by atoms with Crippen LogP contribution < -0.4 is 4.73 Å². The van der Waals surface area contributed by atoms with Crippen molar-refractivity contribution in [1.29, 1.82) is 0 Å². The summed E-state index contributed by atoms with van der Waals surface area (Å²) in [5, 5.41) is 23.5. The molecule has 0 radical (unpaired) electrons. The molecule has 0 amide bonds. The minimum atomic E-state index is -4.36. The molecule has 1 heterocycles. The minimum Gasteiger partial charge on any atom is -0.710 e. The molecule has 148 valence electrons. The second-order valence-electron chi connectivity index (χ2n) is 5.75. The van der Waals surface area contributed by atoms with Gasteiger partial charge in [-0.25, -0.2) is 4.73 Å². The van der Waals surface area contributed by atoms with Crippen molar-refractivity contribution in [2.45, 2.75) is 10.4 Å². The predicted octanol–water partition coefficient (Wildman–Crippen LogP) is 5.07. The summed E-state index contributed by atoms with van der Waals surface area (Å²) in [6, 6.07) is 12.7. The van der Waals surface area contributed by atoms with E-state index in [1.807, 2.05) is 0 Å². The van der Waals surface area contributed by atoms with Crippen LogP contribution in [0.4, 0.5) is 18.9 Å². The van der Waals surface area contributed by atoms with Gasteiger partial charge in [0.05, 0.1) is 10.5 Å². The summed E-state index contributed by atoms with van der Waals surface area (Å²) in [6.07, 6.45) is 4.45. The van der Waals surface area contributed by atoms with E-state index < -0.39 is 10.4 Å². The van der Waals surface area contributed by atoms with Gasteiger partial charge in [-0.2, -0.15) is 13.2 Å². The minimum absolute atomic E-state index is 0.00669. The van der Waals surface area contributed by atoms with Crippen LogP contribution in [0.5, 0.6) is 0 Å². The molecule has 3 aromatic rings. The Bertz CT molecular complexity index is 1070. The highest BCUT2D eigenvalue weighted by atomic mass is 32.2. The third-order valence-electron chi connectivity index (χ3n) is 3.74. The lowest BCUT2D eigenvalue weighted by Crippen LogP contribution is -2.33. The van der Waals surface area contributed by atoms with E-state index in [1.165, 1.54) is 66.9 Å². The maximum absolute atomic E-state index is 12.6. The zero-order valence-corrected chi connectivity index (χ0v) is 15.4. The number of aromatic nitrogens is 2. The lowest BCUT2D eigenvalue weighted by molar-refractivity contribution is -0.598. The van der Waals surface area contributed by atoms with Crippen LogP contribution in [0.2, 0.25) is 0 Å². The first kappa shape index (κ1) is 20.3. The maximum atomic E-state index is 12.6. The zero-order valence-electron chi connectivity index (χ0n) is 14.5. The van der Waals surface area contributed by atoms with Gasteiger partial charge < -0.3 is 5.21 Å². The molecule has 0 atom stereocenters. The van der Waals surface area contributed by atoms with Crippen molar-refractivity contribution in [2.24, 2.45) is 0 Å². The summed E-state index contributed by atoms with van der Waals surface area (Å²) in [5.41, 5.74) is -3.41. The number of hydrogen-bond acceptors (Lipinski definition) is 5. The Morgan fingerprint density at radius 2 is 1.79 bits per heavy atom. The Morgan fingerprint density at radius 3 is 2.45 bits per heavy atom. The highest BCUT2D eigenvalue weighted by Crippen LogP contribution is 2.36. The Balaban J connectivity index is 1.85. The normalized spacial score (nSPS) is 11.7. The van der Waals surface area contributed by atoms with Crippen LogP contribution in [0, 0.1) is 15.3 Å². The molecule has 0 spiro atoms. The summed E-state index contributed by atoms with van der Waals surface area (Å²) >= 11 is -0.205. The maximum Gasteiger partial charge on any atom is 0.446 e. The summed E-state index contributed by atoms with van der Waals surface area (Å²) in [5.74, 6) is -0.00669. The fraction of sp³-hybridized carbons (Fsp3) is 0.0526. The number of nitro groups is 1. The molecule has 2 aromatic carbocycles. The van der Waals surface area contributed by atoms with E-state index in [0.717, 1.165) is 0 Å². The summed E-state index contributed by atoms with van der Waals surface area (Å²) < 4.78 is 37.6. The van der Waals surface area contributed by atoms with Gasteiger partial charge >= 0.3 is 11.3 Å². The molecule has 0 aliphatic rings. The quantitative estimate of drug-likeness (QED) is 0.190. The van der Waals surface area contributed by atoms with E-state index in [4.69, 9.17) is 0 Å². The number of non-ortho nitro benzene ring substituents is 1. The van der Waals surface area contributed by atoms with E-state index >= 15 is 0 Å². The molecule has 0 saturated carbocycles. The molecule has 0 bridgehead atoms. The van der Waals surface area contributed by atoms with E-state index in [-0.39, 0.29) is 39.4 Å². The van der Waals surface area contributed by atoms with Crippen LogP contribution >= 0.6 is 11.8 Å². The Morgan fingerprint density at radius 1 is 1.07 bits per heavy atom. The fourth-order valence-corrected chi connectivity index (χ4v) is 3.00. The largest absolute Gasteiger partial charge is 0.710 e. The van der Waals surface area contributed by atoms with Gasteiger partial charge in [0, 0.05) is 23.1 Å². The second-order valence-corrected chi connectivity index (χ2v) is 6.88. The standard InChI is InChI=1S/C19H12F3N3O3S/c20-19(21,22)29-17-8-5-13(6-9-17)4-7-15-10-11-23-18(24(15)26)14-2-1-3-16(12-14)25(27)28/h1-12H/b7-4+. The summed E-state index contributed by atoms with van der Waals surface area (Å²) in [7, 11) is 0. The molecular formula is C19H12F3N3O3S. The third-order valence-corrected chi connectivity index (χ3v) is 4.48. The van der Waals surface area contributed by atoms with Gasteiger partial charge in [-0.05, 0) is 46.6 Å². The highest BCUT2D eigenvalue weighted by molar-refractivity contribution is 8.00. The third kappa shape index (κ3) is 5.32. The fourth-order valence-electron chi connectivity index (χ4n) is 2.46. The topological polar surface area (TPSA) is 83.0 Å². The lowest BCUT2D eigenvalue weighted by Gasteiger charge is -2.09. The first-order valence-corrected chi connectivity index (χ1v) is 8.92. The van der Waals surface area contributed by atoms with Gasteiger partial charge in [0.15, 0.2) is 0 Å². The molecule has 0 aliphatic heterocycles. The molecule has 0 N–H and O–H groups in total. The number of nitrogens with zero attached hydrogens (tertiary/aromatic N) is 3. The molecule has 0 unspecified atom stereocenters. The van der Waals surface area contributed by atoms with Crippen molar-refractivity contribution < 1.29 is 22.8 Å². The second kappa shape index (κ2) is 8.31. The number of halogens is 3. The van der Waals surface area contributed by atoms with E-state index in [1.54, 1.807) is 6.08 Å². The van der Waals surface area contributed by atoms with Crippen molar-refractivity contribution in [3.63, 3.8) is 0 Å². The molecule has 0 saturated heterocycles. The number of nitro benzene ring substituents is 1. The number of benzene rings is 2. The molecule has 1 aromatic heterocycles. The van der Waals surface area contributed by atoms with Crippen molar-refractivity contribution >= 4 is 29.6 Å². The van der Waals surface area contributed by atoms with E-state index in [9.17, 15) is 28.5 Å². The molecule has 29 heavy (non-hydrogen) atoms. The van der Waals surface area contributed by atoms with Crippen molar-refractivity contribution in [3.8, 4) is 11.4 Å².